The van der Waals surface area contributed by atoms with Gasteiger partial charge in [0.05, 0.1) is 39.9 Å². The minimum atomic E-state index is -4.35. The van der Waals surface area contributed by atoms with Crippen molar-refractivity contribution in [3.05, 3.63) is 85.1 Å². The molecule has 0 aromatic rings. The molecule has 8 nitrogen and oxygen atoms in total. The lowest BCUT2D eigenvalue weighted by Crippen LogP contribution is -2.45. The van der Waals surface area contributed by atoms with Crippen LogP contribution in [0.5, 0.6) is 0 Å². The number of quaternary nitrogens is 1. The van der Waals surface area contributed by atoms with Crippen molar-refractivity contribution in [2.75, 3.05) is 40.9 Å². The number of amides is 1. The van der Waals surface area contributed by atoms with Crippen molar-refractivity contribution in [2.45, 2.75) is 257 Å². The Hall–Kier alpha value is -2.32. The van der Waals surface area contributed by atoms with Gasteiger partial charge in [-0.05, 0) is 70.6 Å². The third-order valence-corrected chi connectivity index (χ3v) is 13.6. The lowest BCUT2D eigenvalue weighted by Gasteiger charge is -2.25. The fourth-order valence-electron chi connectivity index (χ4n) is 8.10. The first kappa shape index (κ1) is 67.7. The molecule has 0 aromatic heterocycles. The van der Waals surface area contributed by atoms with Gasteiger partial charge in [-0.2, -0.15) is 0 Å². The van der Waals surface area contributed by atoms with Crippen molar-refractivity contribution in [1.82, 2.24) is 5.32 Å². The number of carbonyl (C=O) groups is 1. The molecule has 406 valence electrons. The molecule has 0 bridgehead atoms. The van der Waals surface area contributed by atoms with Crippen LogP contribution in [0.3, 0.4) is 0 Å². The number of hydrogen-bond acceptors (Lipinski definition) is 5. The van der Waals surface area contributed by atoms with Gasteiger partial charge in [-0.1, -0.05) is 253 Å². The van der Waals surface area contributed by atoms with Crippen LogP contribution in [-0.4, -0.2) is 73.4 Å². The van der Waals surface area contributed by atoms with E-state index in [0.717, 1.165) is 83.5 Å². The molecular formula is C61H112N2O6P+. The maximum atomic E-state index is 13.0. The molecule has 0 radical (unpaired) electrons. The number of allylic oxidation sites excluding steroid dienone is 13. The van der Waals surface area contributed by atoms with Gasteiger partial charge in [0.2, 0.25) is 5.91 Å². The van der Waals surface area contributed by atoms with Crippen LogP contribution in [0, 0.1) is 0 Å². The smallest absolute Gasteiger partial charge is 0.387 e. The third kappa shape index (κ3) is 53.5. The van der Waals surface area contributed by atoms with Gasteiger partial charge in [0, 0.05) is 6.42 Å². The first-order chi connectivity index (χ1) is 34.0. The van der Waals surface area contributed by atoms with Crippen molar-refractivity contribution in [2.24, 2.45) is 0 Å². The van der Waals surface area contributed by atoms with Gasteiger partial charge >= 0.3 is 7.82 Å². The summed E-state index contributed by atoms with van der Waals surface area (Å²) in [5.41, 5.74) is 0. The van der Waals surface area contributed by atoms with Crippen molar-refractivity contribution >= 4 is 13.7 Å². The molecule has 0 heterocycles. The van der Waals surface area contributed by atoms with Crippen LogP contribution in [0.2, 0.25) is 0 Å². The minimum absolute atomic E-state index is 0.0574. The van der Waals surface area contributed by atoms with Crippen LogP contribution in [0.4, 0.5) is 0 Å². The number of aliphatic hydroxyl groups excluding tert-OH is 1. The molecule has 1 amide bonds. The highest BCUT2D eigenvalue weighted by atomic mass is 31.2. The molecule has 0 aromatic carbocycles. The van der Waals surface area contributed by atoms with Crippen molar-refractivity contribution in [3.8, 4) is 0 Å². The van der Waals surface area contributed by atoms with E-state index in [4.69, 9.17) is 9.05 Å². The Morgan fingerprint density at radius 3 is 1.26 bits per heavy atom. The number of nitrogens with zero attached hydrogens (tertiary/aromatic N) is 1. The number of aliphatic hydroxyl groups is 1. The lowest BCUT2D eigenvalue weighted by molar-refractivity contribution is -0.870. The molecule has 3 atom stereocenters. The lowest BCUT2D eigenvalue weighted by atomic mass is 10.0. The number of nitrogens with one attached hydrogen (secondary N) is 1. The van der Waals surface area contributed by atoms with Gasteiger partial charge in [-0.3, -0.25) is 13.8 Å². The highest BCUT2D eigenvalue weighted by molar-refractivity contribution is 7.47. The van der Waals surface area contributed by atoms with Gasteiger partial charge in [0.15, 0.2) is 0 Å². The molecule has 9 heteroatoms. The van der Waals surface area contributed by atoms with E-state index in [1.54, 1.807) is 6.08 Å². The van der Waals surface area contributed by atoms with Gasteiger partial charge in [0.1, 0.15) is 13.2 Å². The van der Waals surface area contributed by atoms with E-state index in [-0.39, 0.29) is 19.1 Å². The summed E-state index contributed by atoms with van der Waals surface area (Å²) in [7, 11) is 1.56. The predicted molar refractivity (Wildman–Crippen MR) is 304 cm³/mol. The molecule has 0 rings (SSSR count). The van der Waals surface area contributed by atoms with Gasteiger partial charge in [-0.15, -0.1) is 0 Å². The molecule has 0 saturated heterocycles. The number of phosphoric acid groups is 1. The summed E-state index contributed by atoms with van der Waals surface area (Å²) in [5.74, 6) is -0.183. The topological polar surface area (TPSA) is 105 Å². The molecule has 0 fully saturated rings. The molecule has 3 N–H and O–H groups in total. The first-order valence-electron chi connectivity index (χ1n) is 29.0. The summed E-state index contributed by atoms with van der Waals surface area (Å²) < 4.78 is 23.7. The maximum absolute atomic E-state index is 13.0. The Labute approximate surface area is 433 Å². The Morgan fingerprint density at radius 1 is 0.500 bits per heavy atom. The van der Waals surface area contributed by atoms with Gasteiger partial charge in [0.25, 0.3) is 0 Å². The van der Waals surface area contributed by atoms with Crippen LogP contribution in [0.25, 0.3) is 0 Å². The largest absolute Gasteiger partial charge is 0.472 e. The average Bonchev–Trinajstić information content (AvgIpc) is 3.32. The number of carbonyl (C=O) groups excluding carboxylic acids is 1. The monoisotopic (exact) mass is 1000 g/mol. The normalized spacial score (nSPS) is 14.6. The highest BCUT2D eigenvalue weighted by Gasteiger charge is 2.27. The van der Waals surface area contributed by atoms with Crippen LogP contribution >= 0.6 is 7.82 Å². The van der Waals surface area contributed by atoms with E-state index in [0.29, 0.717) is 17.4 Å². The van der Waals surface area contributed by atoms with Crippen LogP contribution < -0.4 is 5.32 Å². The number of unbranched alkanes of at least 4 members (excludes halogenated alkanes) is 27. The average molecular weight is 1000 g/mol. The summed E-state index contributed by atoms with van der Waals surface area (Å²) >= 11 is 0. The van der Waals surface area contributed by atoms with Crippen LogP contribution in [-0.2, 0) is 18.4 Å². The van der Waals surface area contributed by atoms with E-state index in [1.807, 2.05) is 27.2 Å². The van der Waals surface area contributed by atoms with Crippen LogP contribution in [0.1, 0.15) is 245 Å². The molecule has 0 saturated carbocycles. The summed E-state index contributed by atoms with van der Waals surface area (Å²) in [6.07, 6.45) is 72.4. The Balaban J connectivity index is 4.22. The third-order valence-electron chi connectivity index (χ3n) is 12.6. The number of phosphoric ester groups is 1. The number of likely N-dealkylation sites (N-methyl/N-ethyl adjacent to an activating group) is 1. The molecule has 0 spiro atoms. The molecule has 3 unspecified atom stereocenters. The number of rotatable bonds is 52. The van der Waals surface area contributed by atoms with Crippen molar-refractivity contribution in [1.29, 1.82) is 0 Å². The van der Waals surface area contributed by atoms with E-state index in [9.17, 15) is 19.4 Å². The van der Waals surface area contributed by atoms with E-state index < -0.39 is 20.0 Å². The van der Waals surface area contributed by atoms with Crippen molar-refractivity contribution < 1.29 is 32.9 Å². The molecule has 0 aliphatic carbocycles. The Kier molecular flexibility index (Phi) is 49.9. The second-order valence-corrected chi connectivity index (χ2v) is 22.1. The second-order valence-electron chi connectivity index (χ2n) is 20.6. The van der Waals surface area contributed by atoms with E-state index in [1.165, 1.54) is 141 Å². The fourth-order valence-corrected chi connectivity index (χ4v) is 8.84. The molecular weight excluding hydrogens is 888 g/mol. The van der Waals surface area contributed by atoms with Gasteiger partial charge in [-0.25, -0.2) is 4.57 Å². The van der Waals surface area contributed by atoms with E-state index >= 15 is 0 Å². The van der Waals surface area contributed by atoms with Crippen molar-refractivity contribution in [3.63, 3.8) is 0 Å². The first-order valence-corrected chi connectivity index (χ1v) is 30.5. The predicted octanol–water partition coefficient (Wildman–Crippen LogP) is 17.6. The quantitative estimate of drug-likeness (QED) is 0.0243. The Morgan fingerprint density at radius 2 is 0.857 bits per heavy atom. The zero-order valence-corrected chi connectivity index (χ0v) is 47.1. The summed E-state index contributed by atoms with van der Waals surface area (Å²) in [6, 6.07) is -0.854. The SMILES string of the molecule is CC/C=C\C/C=C\C/C=C\C/C=C\C/C=C\C/C=C\CCCCCCCCCCCCC(=O)NC(COP(=O)(O)OCC[N+](C)(C)C)C(O)/C=C/CCCCCCCCCCCCCCCCCCC. The summed E-state index contributed by atoms with van der Waals surface area (Å²) in [4.78, 5) is 23.3. The minimum Gasteiger partial charge on any atom is -0.387 e. The van der Waals surface area contributed by atoms with E-state index in [2.05, 4.69) is 92.1 Å². The molecule has 0 aliphatic rings. The summed E-state index contributed by atoms with van der Waals surface area (Å²) in [5, 5.41) is 13.9. The molecule has 0 aliphatic heterocycles. The summed E-state index contributed by atoms with van der Waals surface area (Å²) in [6.45, 7) is 4.71. The Bertz CT molecular complexity index is 1410. The zero-order valence-electron chi connectivity index (χ0n) is 46.2. The fraction of sp³-hybridized carbons (Fsp3) is 0.754. The van der Waals surface area contributed by atoms with Gasteiger partial charge < -0.3 is 19.8 Å². The molecule has 70 heavy (non-hydrogen) atoms. The zero-order chi connectivity index (χ0) is 51.3. The maximum Gasteiger partial charge on any atom is 0.472 e. The number of hydrogen-bond donors (Lipinski definition) is 3. The second kappa shape index (κ2) is 51.6. The standard InChI is InChI=1S/C61H111N2O6P/c1-6-8-10-12-14-16-18-20-22-24-26-27-28-29-30-31-32-33-34-35-37-39-41-43-45-47-49-51-53-55-61(65)62-59(58-69-70(66,67)68-57-56-63(3,4)5)60(64)54-52-50-48-46-44-42-40-38-36-25-23-21-19-17-15-13-11-9-7-2/h8,10,14,16,20,22,26-27,29-30,32-33,52,54,59-60,64H,6-7,9,11-13,15,17-19,21,23-25,28,31,34-51,53,55-58H2,1-5H3,(H-,62,65,66,67)/p+1/b10-8-,16-14-,22-20-,27-26-,30-29-,33-32-,54-52+. The highest BCUT2D eigenvalue weighted by Crippen LogP contribution is 2.43. The van der Waals surface area contributed by atoms with Crippen LogP contribution in [0.15, 0.2) is 85.1 Å².